The highest BCUT2D eigenvalue weighted by atomic mass is 16.5. The van der Waals surface area contributed by atoms with Gasteiger partial charge in [0.05, 0.1) is 7.11 Å². The van der Waals surface area contributed by atoms with Crippen LogP contribution in [0.15, 0.2) is 66.7 Å². The van der Waals surface area contributed by atoms with Crippen molar-refractivity contribution >= 4 is 35.4 Å². The molecule has 6 amide bonds. The zero-order valence-electron chi connectivity index (χ0n) is 36.6. The van der Waals surface area contributed by atoms with Gasteiger partial charge in [0.2, 0.25) is 35.4 Å². The number of carbonyl (C=O) groups is 6. The van der Waals surface area contributed by atoms with Crippen LogP contribution in [0.4, 0.5) is 0 Å². The average molecular weight is 854 g/mol. The first kappa shape index (κ1) is 45.4. The molecule has 3 aromatic carbocycles. The lowest BCUT2D eigenvalue weighted by molar-refractivity contribution is -0.149. The molecule has 0 aromatic heterocycles. The molecule has 6 bridgehead atoms. The maximum Gasteiger partial charge on any atom is 0.246 e. The zero-order chi connectivity index (χ0) is 44.7. The minimum atomic E-state index is -1.16. The molecule has 0 spiro atoms. The second kappa shape index (κ2) is 20.1. The van der Waals surface area contributed by atoms with Crippen LogP contribution in [-0.2, 0) is 48.0 Å². The molecule has 3 aromatic rings. The van der Waals surface area contributed by atoms with Gasteiger partial charge >= 0.3 is 0 Å². The highest BCUT2D eigenvalue weighted by molar-refractivity contribution is 5.98. The Kier molecular flexibility index (Phi) is 14.7. The molecule has 332 valence electrons. The van der Waals surface area contributed by atoms with Crippen molar-refractivity contribution in [2.75, 3.05) is 54.5 Å². The fourth-order valence-corrected chi connectivity index (χ4v) is 8.12. The van der Waals surface area contributed by atoms with Crippen molar-refractivity contribution in [3.63, 3.8) is 0 Å². The van der Waals surface area contributed by atoms with E-state index in [0.717, 1.165) is 32.5 Å². The largest absolute Gasteiger partial charge is 0.497 e. The first-order valence-corrected chi connectivity index (χ1v) is 21.2. The third kappa shape index (κ3) is 10.8. The smallest absolute Gasteiger partial charge is 0.246 e. The number of likely N-dealkylation sites (tertiary alicyclic amines) is 1. The number of benzene rings is 3. The van der Waals surface area contributed by atoms with Gasteiger partial charge in [-0.2, -0.15) is 0 Å². The van der Waals surface area contributed by atoms with E-state index in [1.54, 1.807) is 54.6 Å². The lowest BCUT2D eigenvalue weighted by Crippen LogP contribution is -2.61. The van der Waals surface area contributed by atoms with Gasteiger partial charge in [0, 0.05) is 47.0 Å². The first-order valence-electron chi connectivity index (χ1n) is 21.2. The summed E-state index contributed by atoms with van der Waals surface area (Å²) in [5, 5.41) is 8.23. The number of fused-ring (bicyclic) bond motifs is 7. The molecule has 0 saturated carbocycles. The first-order chi connectivity index (χ1) is 29.6. The SMILES string of the molecule is COc1ccc(C[C@H]2C(=O)N[C@H](C)C(=O)N(C)[C@H]3Cc4cccc(c4)Oc4cc(ccc4OCCN4CCCC4)C[C@@H](C(=O)N[C@H](C)C(=O)N[C@@H](C)C(=O)N2C)N(C)C3=O)cc1. The number of hydrogen-bond acceptors (Lipinski definition) is 10. The fraction of sp³-hybridized carbons (Fsp3) is 0.478. The molecule has 62 heavy (non-hydrogen) atoms. The predicted molar refractivity (Wildman–Crippen MR) is 231 cm³/mol. The number of likely N-dealkylation sites (N-methyl/N-ethyl adjacent to an activating group) is 3. The van der Waals surface area contributed by atoms with Crippen LogP contribution in [0.3, 0.4) is 0 Å². The van der Waals surface area contributed by atoms with Crippen molar-refractivity contribution in [3.05, 3.63) is 83.4 Å². The Morgan fingerprint density at radius 2 is 1.27 bits per heavy atom. The summed E-state index contributed by atoms with van der Waals surface area (Å²) in [6.45, 7) is 7.77. The lowest BCUT2D eigenvalue weighted by Gasteiger charge is -2.36. The summed E-state index contributed by atoms with van der Waals surface area (Å²) in [6, 6.07) is 12.8. The van der Waals surface area contributed by atoms with Gasteiger partial charge < -0.3 is 44.9 Å². The number of nitrogens with one attached hydrogen (secondary N) is 3. The summed E-state index contributed by atoms with van der Waals surface area (Å²) in [4.78, 5) is 91.5. The Morgan fingerprint density at radius 3 is 1.97 bits per heavy atom. The van der Waals surface area contributed by atoms with E-state index in [4.69, 9.17) is 14.2 Å². The van der Waals surface area contributed by atoms with Gasteiger partial charge in [0.25, 0.3) is 0 Å². The number of hydrogen-bond donors (Lipinski definition) is 3. The highest BCUT2D eigenvalue weighted by Crippen LogP contribution is 2.34. The van der Waals surface area contributed by atoms with E-state index >= 15 is 0 Å². The molecule has 3 aliphatic heterocycles. The molecule has 6 rings (SSSR count). The number of ether oxygens (including phenoxy) is 3. The van der Waals surface area contributed by atoms with E-state index in [2.05, 4.69) is 20.9 Å². The number of nitrogens with zero attached hydrogens (tertiary/aromatic N) is 4. The van der Waals surface area contributed by atoms with Crippen LogP contribution < -0.4 is 30.2 Å². The Morgan fingerprint density at radius 1 is 0.661 bits per heavy atom. The van der Waals surface area contributed by atoms with Crippen LogP contribution in [0.1, 0.15) is 50.3 Å². The molecule has 2 fully saturated rings. The van der Waals surface area contributed by atoms with Crippen molar-refractivity contribution in [2.45, 2.75) is 89.1 Å². The van der Waals surface area contributed by atoms with Crippen LogP contribution in [0.5, 0.6) is 23.0 Å². The monoisotopic (exact) mass is 853 g/mol. The number of methoxy groups -OCH3 is 1. The van der Waals surface area contributed by atoms with Crippen LogP contribution in [0, 0.1) is 0 Å². The molecule has 2 saturated heterocycles. The van der Waals surface area contributed by atoms with Crippen LogP contribution in [-0.4, -0.2) is 146 Å². The van der Waals surface area contributed by atoms with E-state index in [1.807, 2.05) is 12.1 Å². The van der Waals surface area contributed by atoms with Gasteiger partial charge in [-0.1, -0.05) is 30.3 Å². The minimum Gasteiger partial charge on any atom is -0.497 e. The quantitative estimate of drug-likeness (QED) is 0.320. The van der Waals surface area contributed by atoms with Crippen molar-refractivity contribution in [1.29, 1.82) is 0 Å². The number of amides is 6. The van der Waals surface area contributed by atoms with Gasteiger partial charge in [-0.15, -0.1) is 0 Å². The lowest BCUT2D eigenvalue weighted by atomic mass is 9.99. The van der Waals surface area contributed by atoms with E-state index in [1.165, 1.54) is 63.7 Å². The van der Waals surface area contributed by atoms with Gasteiger partial charge in [0.1, 0.15) is 54.4 Å². The molecule has 16 nitrogen and oxygen atoms in total. The van der Waals surface area contributed by atoms with Crippen LogP contribution in [0.25, 0.3) is 0 Å². The summed E-state index contributed by atoms with van der Waals surface area (Å²) >= 11 is 0. The second-order valence-electron chi connectivity index (χ2n) is 16.5. The molecule has 0 radical (unpaired) electrons. The van der Waals surface area contributed by atoms with Gasteiger partial charge in [-0.05, 0) is 99.8 Å². The van der Waals surface area contributed by atoms with Gasteiger partial charge in [0.15, 0.2) is 11.5 Å². The molecule has 3 heterocycles. The molecular weight excluding hydrogens is 795 g/mol. The molecular formula is C46H59N7O9. The normalized spacial score (nSPS) is 24.7. The minimum absolute atomic E-state index is 0.0104. The molecule has 3 N–H and O–H groups in total. The third-order valence-corrected chi connectivity index (χ3v) is 12.0. The van der Waals surface area contributed by atoms with E-state index in [0.29, 0.717) is 46.3 Å². The van der Waals surface area contributed by atoms with E-state index < -0.39 is 71.7 Å². The third-order valence-electron chi connectivity index (χ3n) is 12.0. The maximum atomic E-state index is 14.8. The van der Waals surface area contributed by atoms with E-state index in [9.17, 15) is 28.8 Å². The van der Waals surface area contributed by atoms with E-state index in [-0.39, 0.29) is 19.3 Å². The summed E-state index contributed by atoms with van der Waals surface area (Å²) in [7, 11) is 5.98. The fourth-order valence-electron chi connectivity index (χ4n) is 8.12. The Balaban J connectivity index is 1.37. The summed E-state index contributed by atoms with van der Waals surface area (Å²) in [5.41, 5.74) is 2.02. The summed E-state index contributed by atoms with van der Waals surface area (Å²) < 4.78 is 18.0. The number of carbonyl (C=O) groups excluding carboxylic acids is 6. The molecule has 0 unspecified atom stereocenters. The Labute approximate surface area is 363 Å². The topological polar surface area (TPSA) is 179 Å². The zero-order valence-corrected chi connectivity index (χ0v) is 36.6. The summed E-state index contributed by atoms with van der Waals surface area (Å²) in [6.07, 6.45) is 2.44. The number of rotatable bonds is 7. The standard InChI is InChI=1S/C46H59N7O9/c1-28-41(54)48-29(2)44(57)50(4)36(24-31-13-16-34(60-7)17-14-31)43(56)49-30(3)45(58)52(6)38-26-32-11-10-12-35(23-32)62-40-27-33(25-37(42(55)47-28)51(5)46(38)59)15-18-39(40)61-22-21-53-19-8-9-20-53/h10-18,23,27-30,36-38H,8-9,19-22,24-26H2,1-7H3,(H,47,55)(H,48,54)(H,49,56)/t28-,29+,30-,36+,37+,38+/m1/s1. The molecule has 16 heteroatoms. The Bertz CT molecular complexity index is 2130. The van der Waals surface area contributed by atoms with Crippen LogP contribution in [0.2, 0.25) is 0 Å². The van der Waals surface area contributed by atoms with Crippen LogP contribution >= 0.6 is 0 Å². The van der Waals surface area contributed by atoms with Crippen molar-refractivity contribution < 1.29 is 43.0 Å². The molecule has 6 atom stereocenters. The molecule has 3 aliphatic rings. The summed E-state index contributed by atoms with van der Waals surface area (Å²) in [5.74, 6) is -1.54. The second-order valence-corrected chi connectivity index (χ2v) is 16.5. The highest BCUT2D eigenvalue weighted by Gasteiger charge is 2.39. The van der Waals surface area contributed by atoms with Crippen molar-refractivity contribution in [3.8, 4) is 23.0 Å². The predicted octanol–water partition coefficient (Wildman–Crippen LogP) is 2.31. The average Bonchev–Trinajstić information content (AvgIpc) is 3.79. The van der Waals surface area contributed by atoms with Gasteiger partial charge in [-0.3, -0.25) is 33.7 Å². The van der Waals surface area contributed by atoms with Gasteiger partial charge in [-0.25, -0.2) is 0 Å². The Hall–Kier alpha value is -6.16. The maximum absolute atomic E-state index is 14.8. The van der Waals surface area contributed by atoms with Crippen molar-refractivity contribution in [2.24, 2.45) is 0 Å². The molecule has 0 aliphatic carbocycles. The van der Waals surface area contributed by atoms with Crippen molar-refractivity contribution in [1.82, 2.24) is 35.6 Å².